The molecule has 0 aliphatic carbocycles. The zero-order valence-electron chi connectivity index (χ0n) is 14.6. The molecule has 0 saturated heterocycles. The van der Waals surface area contributed by atoms with Gasteiger partial charge in [-0.1, -0.05) is 30.3 Å². The minimum absolute atomic E-state index is 0.197. The van der Waals surface area contributed by atoms with Gasteiger partial charge in [-0.3, -0.25) is 0 Å². The topological polar surface area (TPSA) is 72.1 Å². The average molecular weight is 382 g/mol. The van der Waals surface area contributed by atoms with Gasteiger partial charge in [0, 0.05) is 6.42 Å². The van der Waals surface area contributed by atoms with Gasteiger partial charge in [-0.2, -0.15) is 17.9 Å². The van der Waals surface area contributed by atoms with Crippen LogP contribution in [-0.2, 0) is 10.0 Å². The molecule has 0 fully saturated rings. The number of furan rings is 1. The van der Waals surface area contributed by atoms with Crippen molar-refractivity contribution in [2.45, 2.75) is 17.4 Å². The molecule has 6 nitrogen and oxygen atoms in total. The zero-order valence-corrected chi connectivity index (χ0v) is 15.5. The summed E-state index contributed by atoms with van der Waals surface area (Å²) < 4.78 is 38.4. The van der Waals surface area contributed by atoms with Gasteiger partial charge in [0.05, 0.1) is 24.3 Å². The van der Waals surface area contributed by atoms with Crippen molar-refractivity contribution in [1.82, 2.24) is 4.41 Å². The Bertz CT molecular complexity index is 1060. The first-order valence-corrected chi connectivity index (χ1v) is 9.88. The first-order valence-electron chi connectivity index (χ1n) is 8.44. The van der Waals surface area contributed by atoms with E-state index in [0.717, 1.165) is 5.56 Å². The molecule has 0 bridgehead atoms. The lowest BCUT2D eigenvalue weighted by Gasteiger charge is -2.23. The van der Waals surface area contributed by atoms with Crippen LogP contribution in [0.25, 0.3) is 0 Å². The number of hydrogen-bond acceptors (Lipinski definition) is 5. The molecule has 7 heteroatoms. The van der Waals surface area contributed by atoms with Crippen molar-refractivity contribution >= 4 is 15.7 Å². The smallest absolute Gasteiger partial charge is 0.279 e. The second-order valence-electron chi connectivity index (χ2n) is 6.11. The molecular formula is C20H18N2O4S. The summed E-state index contributed by atoms with van der Waals surface area (Å²) in [7, 11) is -2.24. The molecular weight excluding hydrogens is 364 g/mol. The lowest BCUT2D eigenvalue weighted by molar-refractivity contribution is 0.368. The van der Waals surface area contributed by atoms with E-state index in [0.29, 0.717) is 23.6 Å². The van der Waals surface area contributed by atoms with Gasteiger partial charge in [0.1, 0.15) is 17.2 Å². The minimum Gasteiger partial charge on any atom is -0.497 e. The maximum Gasteiger partial charge on any atom is 0.279 e. The summed E-state index contributed by atoms with van der Waals surface area (Å²) in [5, 5.41) is 4.42. The number of ether oxygens (including phenoxy) is 1. The van der Waals surface area contributed by atoms with Gasteiger partial charge in [0.25, 0.3) is 10.0 Å². The molecule has 1 aliphatic heterocycles. The minimum atomic E-state index is -3.82. The molecule has 0 amide bonds. The molecule has 2 aromatic carbocycles. The monoisotopic (exact) mass is 382 g/mol. The summed E-state index contributed by atoms with van der Waals surface area (Å²) >= 11 is 0. The van der Waals surface area contributed by atoms with Crippen LogP contribution in [0.1, 0.15) is 23.8 Å². The van der Waals surface area contributed by atoms with E-state index in [1.165, 1.54) is 4.41 Å². The molecule has 138 valence electrons. The van der Waals surface area contributed by atoms with Crippen LogP contribution in [0.3, 0.4) is 0 Å². The van der Waals surface area contributed by atoms with E-state index in [-0.39, 0.29) is 4.90 Å². The van der Waals surface area contributed by atoms with E-state index < -0.39 is 16.1 Å². The van der Waals surface area contributed by atoms with Gasteiger partial charge in [-0.05, 0) is 42.0 Å². The molecule has 1 aliphatic rings. The molecule has 3 aromatic rings. The van der Waals surface area contributed by atoms with Gasteiger partial charge in [-0.15, -0.1) is 0 Å². The predicted octanol–water partition coefficient (Wildman–Crippen LogP) is 3.83. The van der Waals surface area contributed by atoms with Crippen molar-refractivity contribution in [2.75, 3.05) is 7.11 Å². The SMILES string of the molecule is COc1cccc(C2CC(c3ccco3)=NN2S(=O)(=O)c2ccccc2)c1. The van der Waals surface area contributed by atoms with E-state index >= 15 is 0 Å². The Morgan fingerprint density at radius 1 is 1.07 bits per heavy atom. The van der Waals surface area contributed by atoms with Crippen molar-refractivity contribution < 1.29 is 17.6 Å². The molecule has 1 atom stereocenters. The molecule has 0 saturated carbocycles. The van der Waals surface area contributed by atoms with Crippen LogP contribution < -0.4 is 4.74 Å². The summed E-state index contributed by atoms with van der Waals surface area (Å²) in [5.41, 5.74) is 1.39. The summed E-state index contributed by atoms with van der Waals surface area (Å²) in [6, 6.07) is 18.7. The summed E-state index contributed by atoms with van der Waals surface area (Å²) in [6.07, 6.45) is 1.96. The highest BCUT2D eigenvalue weighted by atomic mass is 32.2. The number of nitrogens with zero attached hydrogens (tertiary/aromatic N) is 2. The van der Waals surface area contributed by atoms with E-state index in [1.54, 1.807) is 55.8 Å². The third-order valence-electron chi connectivity index (χ3n) is 4.44. The largest absolute Gasteiger partial charge is 0.497 e. The highest BCUT2D eigenvalue weighted by Gasteiger charge is 2.38. The van der Waals surface area contributed by atoms with E-state index in [9.17, 15) is 8.42 Å². The van der Waals surface area contributed by atoms with Crippen LogP contribution >= 0.6 is 0 Å². The van der Waals surface area contributed by atoms with Crippen molar-refractivity contribution in [2.24, 2.45) is 5.10 Å². The number of hydrogen-bond donors (Lipinski definition) is 0. The Kier molecular flexibility index (Phi) is 4.45. The van der Waals surface area contributed by atoms with E-state index in [4.69, 9.17) is 9.15 Å². The number of methoxy groups -OCH3 is 1. The number of rotatable bonds is 5. The molecule has 0 spiro atoms. The molecule has 4 rings (SSSR count). The van der Waals surface area contributed by atoms with Crippen LogP contribution in [0.15, 0.2) is 87.4 Å². The Morgan fingerprint density at radius 2 is 1.89 bits per heavy atom. The lowest BCUT2D eigenvalue weighted by Crippen LogP contribution is -2.27. The van der Waals surface area contributed by atoms with Crippen LogP contribution in [-0.4, -0.2) is 25.7 Å². The van der Waals surface area contributed by atoms with Gasteiger partial charge in [0.15, 0.2) is 0 Å². The van der Waals surface area contributed by atoms with Gasteiger partial charge in [-0.25, -0.2) is 0 Å². The Balaban J connectivity index is 1.80. The van der Waals surface area contributed by atoms with E-state index in [1.807, 2.05) is 24.3 Å². The third kappa shape index (κ3) is 3.21. The maximum absolute atomic E-state index is 13.2. The quantitative estimate of drug-likeness (QED) is 0.672. The Morgan fingerprint density at radius 3 is 2.59 bits per heavy atom. The van der Waals surface area contributed by atoms with Crippen molar-refractivity contribution in [3.63, 3.8) is 0 Å². The van der Waals surface area contributed by atoms with Crippen molar-refractivity contribution in [1.29, 1.82) is 0 Å². The van der Waals surface area contributed by atoms with Crippen LogP contribution in [0, 0.1) is 0 Å². The fourth-order valence-electron chi connectivity index (χ4n) is 3.10. The van der Waals surface area contributed by atoms with E-state index in [2.05, 4.69) is 5.10 Å². The summed E-state index contributed by atoms with van der Waals surface area (Å²) in [6.45, 7) is 0. The molecule has 0 radical (unpaired) electrons. The standard InChI is InChI=1S/C20H18N2O4S/c1-25-16-8-5-7-15(13-16)19-14-18(20-11-6-12-26-20)21-22(19)27(23,24)17-9-3-2-4-10-17/h2-13,19H,14H2,1H3. The van der Waals surface area contributed by atoms with Crippen molar-refractivity contribution in [3.8, 4) is 5.75 Å². The van der Waals surface area contributed by atoms with Gasteiger partial charge in [0.2, 0.25) is 0 Å². The normalized spacial score (nSPS) is 17.0. The summed E-state index contributed by atoms with van der Waals surface area (Å²) in [5.74, 6) is 1.23. The molecule has 2 heterocycles. The molecule has 1 aromatic heterocycles. The highest BCUT2D eigenvalue weighted by molar-refractivity contribution is 7.89. The predicted molar refractivity (Wildman–Crippen MR) is 101 cm³/mol. The fraction of sp³-hybridized carbons (Fsp3) is 0.150. The summed E-state index contributed by atoms with van der Waals surface area (Å²) in [4.78, 5) is 0.197. The van der Waals surface area contributed by atoms with Gasteiger partial charge >= 0.3 is 0 Å². The molecule has 27 heavy (non-hydrogen) atoms. The first-order chi connectivity index (χ1) is 13.1. The highest BCUT2D eigenvalue weighted by Crippen LogP contribution is 2.38. The Hall–Kier alpha value is -3.06. The Labute approximate surface area is 157 Å². The number of sulfonamides is 1. The maximum atomic E-state index is 13.2. The molecule has 0 N–H and O–H groups in total. The van der Waals surface area contributed by atoms with Crippen LogP contribution in [0.4, 0.5) is 0 Å². The lowest BCUT2D eigenvalue weighted by atomic mass is 10.0. The van der Waals surface area contributed by atoms with Crippen LogP contribution in [0.5, 0.6) is 5.75 Å². The average Bonchev–Trinajstić information content (AvgIpc) is 3.38. The third-order valence-corrected chi connectivity index (χ3v) is 6.14. The fourth-order valence-corrected chi connectivity index (χ4v) is 4.55. The number of benzene rings is 2. The van der Waals surface area contributed by atoms with Crippen molar-refractivity contribution in [3.05, 3.63) is 84.3 Å². The zero-order chi connectivity index (χ0) is 18.9. The van der Waals surface area contributed by atoms with Crippen LogP contribution in [0.2, 0.25) is 0 Å². The second kappa shape index (κ2) is 6.92. The molecule has 1 unspecified atom stereocenters. The second-order valence-corrected chi connectivity index (χ2v) is 7.91. The first kappa shape index (κ1) is 17.4. The van der Waals surface area contributed by atoms with Gasteiger partial charge < -0.3 is 9.15 Å². The number of hydrazone groups is 1.